The molecule has 1 atom stereocenters. The minimum atomic E-state index is -0.339. The molecule has 0 spiro atoms. The molecule has 1 aromatic heterocycles. The van der Waals surface area contributed by atoms with Crippen LogP contribution in [0.3, 0.4) is 0 Å². The van der Waals surface area contributed by atoms with Crippen LogP contribution >= 0.6 is 11.6 Å². The first-order valence-corrected chi connectivity index (χ1v) is 7.15. The lowest BCUT2D eigenvalue weighted by atomic mass is 10.1. The van der Waals surface area contributed by atoms with E-state index in [1.165, 1.54) is 12.3 Å². The summed E-state index contributed by atoms with van der Waals surface area (Å²) in [4.78, 5) is 4.14. The van der Waals surface area contributed by atoms with E-state index in [0.717, 1.165) is 23.4 Å². The molecule has 0 fully saturated rings. The topological polar surface area (TPSA) is 34.1 Å². The second kappa shape index (κ2) is 6.76. The molecule has 112 valence electrons. The van der Waals surface area contributed by atoms with Gasteiger partial charge < -0.3 is 10.1 Å². The SMILES string of the molecule is CCC(Nc1cc(C)c(Cl)cc1OC)c1ccc(F)cn1. The van der Waals surface area contributed by atoms with E-state index in [9.17, 15) is 4.39 Å². The number of nitrogens with zero attached hydrogens (tertiary/aromatic N) is 1. The lowest BCUT2D eigenvalue weighted by Gasteiger charge is -2.20. The van der Waals surface area contributed by atoms with Crippen molar-refractivity contribution < 1.29 is 9.13 Å². The number of halogens is 2. The van der Waals surface area contributed by atoms with Crippen LogP contribution in [0.1, 0.15) is 30.6 Å². The zero-order valence-corrected chi connectivity index (χ0v) is 13.0. The molecule has 0 aliphatic heterocycles. The molecule has 2 aromatic rings. The van der Waals surface area contributed by atoms with Crippen molar-refractivity contribution in [1.29, 1.82) is 0 Å². The maximum Gasteiger partial charge on any atom is 0.143 e. The molecule has 1 heterocycles. The molecule has 0 saturated carbocycles. The van der Waals surface area contributed by atoms with Gasteiger partial charge >= 0.3 is 0 Å². The number of hydrogen-bond acceptors (Lipinski definition) is 3. The van der Waals surface area contributed by atoms with Crippen LogP contribution in [0.5, 0.6) is 5.75 Å². The molecule has 0 aliphatic rings. The van der Waals surface area contributed by atoms with Crippen molar-refractivity contribution in [3.05, 3.63) is 52.6 Å². The summed E-state index contributed by atoms with van der Waals surface area (Å²) >= 11 is 6.11. The fraction of sp³-hybridized carbons (Fsp3) is 0.312. The van der Waals surface area contributed by atoms with Crippen molar-refractivity contribution >= 4 is 17.3 Å². The zero-order chi connectivity index (χ0) is 15.4. The number of ether oxygens (including phenoxy) is 1. The van der Waals surface area contributed by atoms with E-state index in [2.05, 4.69) is 10.3 Å². The first kappa shape index (κ1) is 15.6. The Labute approximate surface area is 129 Å². The molecular formula is C16H18ClFN2O. The molecule has 3 nitrogen and oxygen atoms in total. The second-order valence-electron chi connectivity index (χ2n) is 4.81. The molecule has 1 aromatic carbocycles. The van der Waals surface area contributed by atoms with Gasteiger partial charge in [-0.15, -0.1) is 0 Å². The van der Waals surface area contributed by atoms with Crippen LogP contribution in [0.15, 0.2) is 30.5 Å². The van der Waals surface area contributed by atoms with Gasteiger partial charge in [0.05, 0.1) is 30.7 Å². The van der Waals surface area contributed by atoms with Crippen LogP contribution < -0.4 is 10.1 Å². The van der Waals surface area contributed by atoms with Gasteiger partial charge in [-0.2, -0.15) is 0 Å². The maximum absolute atomic E-state index is 13.0. The largest absolute Gasteiger partial charge is 0.495 e. The van der Waals surface area contributed by atoms with Crippen molar-refractivity contribution in [2.75, 3.05) is 12.4 Å². The number of benzene rings is 1. The number of rotatable bonds is 5. The summed E-state index contributed by atoms with van der Waals surface area (Å²) in [5.74, 6) is 0.333. The Bertz CT molecular complexity index is 616. The van der Waals surface area contributed by atoms with E-state index in [1.807, 2.05) is 19.9 Å². The third kappa shape index (κ3) is 3.64. The fourth-order valence-electron chi connectivity index (χ4n) is 2.11. The van der Waals surface area contributed by atoms with Crippen LogP contribution in [-0.4, -0.2) is 12.1 Å². The molecule has 1 unspecified atom stereocenters. The Morgan fingerprint density at radius 1 is 1.38 bits per heavy atom. The minimum absolute atomic E-state index is 0.0277. The average molecular weight is 309 g/mol. The standard InChI is InChI=1S/C16H18ClFN2O/c1-4-13(14-6-5-11(18)9-19-14)20-15-7-10(2)12(17)8-16(15)21-3/h5-9,13,20H,4H2,1-3H3. The molecule has 0 saturated heterocycles. The highest BCUT2D eigenvalue weighted by Crippen LogP contribution is 2.33. The highest BCUT2D eigenvalue weighted by molar-refractivity contribution is 6.31. The Hall–Kier alpha value is -1.81. The van der Waals surface area contributed by atoms with Crippen molar-refractivity contribution in [3.63, 3.8) is 0 Å². The Morgan fingerprint density at radius 3 is 2.71 bits per heavy atom. The Balaban J connectivity index is 2.30. The normalized spacial score (nSPS) is 12.0. The monoisotopic (exact) mass is 308 g/mol. The average Bonchev–Trinajstić information content (AvgIpc) is 2.49. The van der Waals surface area contributed by atoms with Crippen molar-refractivity contribution in [2.45, 2.75) is 26.3 Å². The first-order valence-electron chi connectivity index (χ1n) is 6.77. The predicted octanol–water partition coefficient (Wildman–Crippen LogP) is 4.75. The van der Waals surface area contributed by atoms with Gasteiger partial charge in [0.15, 0.2) is 0 Å². The molecule has 0 amide bonds. The molecule has 0 aliphatic carbocycles. The third-order valence-corrected chi connectivity index (χ3v) is 3.73. The number of hydrogen-bond donors (Lipinski definition) is 1. The number of anilines is 1. The van der Waals surface area contributed by atoms with E-state index in [4.69, 9.17) is 16.3 Å². The molecular weight excluding hydrogens is 291 g/mol. The molecule has 0 bridgehead atoms. The molecule has 21 heavy (non-hydrogen) atoms. The van der Waals surface area contributed by atoms with Crippen molar-refractivity contribution in [1.82, 2.24) is 4.98 Å². The lowest BCUT2D eigenvalue weighted by Crippen LogP contribution is -2.12. The minimum Gasteiger partial charge on any atom is -0.495 e. The summed E-state index contributed by atoms with van der Waals surface area (Å²) in [7, 11) is 1.60. The smallest absolute Gasteiger partial charge is 0.143 e. The Kier molecular flexibility index (Phi) is 5.02. The third-order valence-electron chi connectivity index (χ3n) is 3.33. The quantitative estimate of drug-likeness (QED) is 0.865. The van der Waals surface area contributed by atoms with Crippen molar-refractivity contribution in [2.24, 2.45) is 0 Å². The summed E-state index contributed by atoms with van der Waals surface area (Å²) < 4.78 is 18.3. The lowest BCUT2D eigenvalue weighted by molar-refractivity contribution is 0.415. The van der Waals surface area contributed by atoms with E-state index < -0.39 is 0 Å². The van der Waals surface area contributed by atoms with Gasteiger partial charge in [-0.25, -0.2) is 4.39 Å². The summed E-state index contributed by atoms with van der Waals surface area (Å²) in [6, 6.07) is 6.79. The molecule has 5 heteroatoms. The molecule has 0 radical (unpaired) electrons. The van der Waals surface area contributed by atoms with Gasteiger partial charge in [0, 0.05) is 11.1 Å². The first-order chi connectivity index (χ1) is 10.0. The van der Waals surface area contributed by atoms with Gasteiger partial charge in [-0.3, -0.25) is 4.98 Å². The number of nitrogens with one attached hydrogen (secondary N) is 1. The van der Waals surface area contributed by atoms with Crippen LogP contribution in [0.2, 0.25) is 5.02 Å². The highest BCUT2D eigenvalue weighted by Gasteiger charge is 2.14. The number of pyridine rings is 1. The predicted molar refractivity (Wildman–Crippen MR) is 83.6 cm³/mol. The van der Waals surface area contributed by atoms with Gasteiger partial charge in [0.2, 0.25) is 0 Å². The molecule has 1 N–H and O–H groups in total. The van der Waals surface area contributed by atoms with Crippen LogP contribution in [0, 0.1) is 12.7 Å². The van der Waals surface area contributed by atoms with Crippen LogP contribution in [0.4, 0.5) is 10.1 Å². The number of aromatic nitrogens is 1. The summed E-state index contributed by atoms with van der Waals surface area (Å²) in [5, 5.41) is 4.04. The van der Waals surface area contributed by atoms with Gasteiger partial charge in [0.1, 0.15) is 11.6 Å². The Morgan fingerprint density at radius 2 is 2.14 bits per heavy atom. The van der Waals surface area contributed by atoms with E-state index in [0.29, 0.717) is 10.8 Å². The highest BCUT2D eigenvalue weighted by atomic mass is 35.5. The fourth-order valence-corrected chi connectivity index (χ4v) is 2.26. The van der Waals surface area contributed by atoms with Crippen molar-refractivity contribution in [3.8, 4) is 5.75 Å². The number of methoxy groups -OCH3 is 1. The zero-order valence-electron chi connectivity index (χ0n) is 12.3. The van der Waals surface area contributed by atoms with E-state index in [-0.39, 0.29) is 11.9 Å². The second-order valence-corrected chi connectivity index (χ2v) is 5.22. The maximum atomic E-state index is 13.0. The molecule has 2 rings (SSSR count). The van der Waals surface area contributed by atoms with Crippen LogP contribution in [-0.2, 0) is 0 Å². The van der Waals surface area contributed by atoms with Gasteiger partial charge in [-0.1, -0.05) is 18.5 Å². The summed E-state index contributed by atoms with van der Waals surface area (Å²) in [6.45, 7) is 3.97. The van der Waals surface area contributed by atoms with E-state index >= 15 is 0 Å². The van der Waals surface area contributed by atoms with E-state index in [1.54, 1.807) is 19.2 Å². The summed E-state index contributed by atoms with van der Waals surface area (Å²) in [6.07, 6.45) is 2.04. The van der Waals surface area contributed by atoms with Gasteiger partial charge in [0.25, 0.3) is 0 Å². The number of aryl methyl sites for hydroxylation is 1. The van der Waals surface area contributed by atoms with Gasteiger partial charge in [-0.05, 0) is 37.1 Å². The van der Waals surface area contributed by atoms with Crippen LogP contribution in [0.25, 0.3) is 0 Å². The summed E-state index contributed by atoms with van der Waals surface area (Å²) in [5.41, 5.74) is 2.59.